The minimum atomic E-state index is -1.12. The van der Waals surface area contributed by atoms with E-state index in [9.17, 15) is 14.4 Å². The first kappa shape index (κ1) is 19.8. The Morgan fingerprint density at radius 1 is 1.14 bits per heavy atom. The summed E-state index contributed by atoms with van der Waals surface area (Å²) in [4.78, 5) is 35.9. The Morgan fingerprint density at radius 2 is 1.93 bits per heavy atom. The molecule has 29 heavy (non-hydrogen) atoms. The van der Waals surface area contributed by atoms with Crippen LogP contribution in [0, 0.1) is 0 Å². The summed E-state index contributed by atoms with van der Waals surface area (Å²) in [5.41, 5.74) is 1.30. The Labute approximate surface area is 165 Å². The topological polar surface area (TPSA) is 149 Å². The van der Waals surface area contributed by atoms with Crippen LogP contribution in [-0.4, -0.2) is 52.2 Å². The normalized spacial score (nSPS) is 10.7. The number of amides is 2. The van der Waals surface area contributed by atoms with Crippen molar-refractivity contribution in [2.45, 2.75) is 19.5 Å². The van der Waals surface area contributed by atoms with E-state index < -0.39 is 17.8 Å². The van der Waals surface area contributed by atoms with Gasteiger partial charge < -0.3 is 15.7 Å². The number of carbonyl (C=O) groups excluding carboxylic acids is 2. The smallest absolute Gasteiger partial charge is 0.354 e. The number of aromatic carboxylic acids is 1. The molecule has 0 fully saturated rings. The minimum Gasteiger partial charge on any atom is -0.477 e. The predicted molar refractivity (Wildman–Crippen MR) is 100 cm³/mol. The van der Waals surface area contributed by atoms with Crippen molar-refractivity contribution in [3.63, 3.8) is 0 Å². The van der Waals surface area contributed by atoms with Crippen molar-refractivity contribution in [2.75, 3.05) is 5.32 Å². The van der Waals surface area contributed by atoms with Gasteiger partial charge in [0.2, 0.25) is 5.91 Å². The summed E-state index contributed by atoms with van der Waals surface area (Å²) >= 11 is 0. The lowest BCUT2D eigenvalue weighted by molar-refractivity contribution is -0.116. The lowest BCUT2D eigenvalue weighted by atomic mass is 10.3. The van der Waals surface area contributed by atoms with Crippen molar-refractivity contribution >= 4 is 23.5 Å². The molecule has 152 valence electrons. The van der Waals surface area contributed by atoms with Gasteiger partial charge in [-0.05, 0) is 6.07 Å². The standard InChI is InChI=1S/C17H20N8O4/c1-23-10-11(8-20-23)7-18-16(27)15-12(9-21-24(15)2)22-14(26)4-6-25-13(17(28)29)3-5-19-25/h3,5,8-10H,4,6-7H2,1-2H3,(H,18,27)(H,22,26)(H,28,29). The Hall–Kier alpha value is -3.96. The largest absolute Gasteiger partial charge is 0.477 e. The lowest BCUT2D eigenvalue weighted by Gasteiger charge is -2.09. The second-order valence-corrected chi connectivity index (χ2v) is 6.28. The molecular formula is C17H20N8O4. The van der Waals surface area contributed by atoms with Gasteiger partial charge in [0.15, 0.2) is 0 Å². The Morgan fingerprint density at radius 3 is 2.62 bits per heavy atom. The molecule has 0 aromatic carbocycles. The van der Waals surface area contributed by atoms with Crippen LogP contribution in [0.15, 0.2) is 30.9 Å². The molecule has 0 unspecified atom stereocenters. The number of anilines is 1. The van der Waals surface area contributed by atoms with E-state index in [-0.39, 0.29) is 36.6 Å². The van der Waals surface area contributed by atoms with Crippen molar-refractivity contribution in [3.8, 4) is 0 Å². The molecule has 0 radical (unpaired) electrons. The lowest BCUT2D eigenvalue weighted by Crippen LogP contribution is -2.27. The van der Waals surface area contributed by atoms with Gasteiger partial charge in [-0.15, -0.1) is 0 Å². The molecule has 3 rings (SSSR count). The first-order valence-electron chi connectivity index (χ1n) is 8.68. The molecule has 0 aliphatic heterocycles. The fourth-order valence-electron chi connectivity index (χ4n) is 2.74. The van der Waals surface area contributed by atoms with Gasteiger partial charge in [-0.3, -0.25) is 23.6 Å². The summed E-state index contributed by atoms with van der Waals surface area (Å²) in [7, 11) is 3.38. The third kappa shape index (κ3) is 4.66. The van der Waals surface area contributed by atoms with Crippen LogP contribution in [0.25, 0.3) is 0 Å². The van der Waals surface area contributed by atoms with E-state index in [1.807, 2.05) is 0 Å². The number of aromatic nitrogens is 6. The number of rotatable bonds is 8. The third-order valence-corrected chi connectivity index (χ3v) is 4.13. The molecule has 3 heterocycles. The third-order valence-electron chi connectivity index (χ3n) is 4.13. The number of aryl methyl sites for hydroxylation is 3. The van der Waals surface area contributed by atoms with Gasteiger partial charge in [0.05, 0.1) is 24.6 Å². The maximum atomic E-state index is 12.5. The van der Waals surface area contributed by atoms with Crippen LogP contribution in [0.2, 0.25) is 0 Å². The van der Waals surface area contributed by atoms with Crippen LogP contribution in [0.5, 0.6) is 0 Å². The van der Waals surface area contributed by atoms with Crippen molar-refractivity contribution < 1.29 is 19.5 Å². The highest BCUT2D eigenvalue weighted by Crippen LogP contribution is 2.15. The summed E-state index contributed by atoms with van der Waals surface area (Å²) in [6, 6.07) is 1.35. The SMILES string of the molecule is Cn1cc(CNC(=O)c2c(NC(=O)CCn3nccc3C(=O)O)cnn2C)cn1. The van der Waals surface area contributed by atoms with Crippen LogP contribution < -0.4 is 10.6 Å². The maximum absolute atomic E-state index is 12.5. The molecule has 3 N–H and O–H groups in total. The van der Waals surface area contributed by atoms with Gasteiger partial charge in [-0.1, -0.05) is 0 Å². The number of nitrogens with zero attached hydrogens (tertiary/aromatic N) is 6. The summed E-state index contributed by atoms with van der Waals surface area (Å²) < 4.78 is 4.23. The molecule has 12 nitrogen and oxygen atoms in total. The zero-order valence-corrected chi connectivity index (χ0v) is 15.9. The molecule has 0 aliphatic carbocycles. The average molecular weight is 400 g/mol. The van der Waals surface area contributed by atoms with Crippen molar-refractivity contribution in [1.29, 1.82) is 0 Å². The highest BCUT2D eigenvalue weighted by molar-refractivity contribution is 6.02. The molecule has 0 saturated heterocycles. The van der Waals surface area contributed by atoms with Crippen LogP contribution in [-0.2, 0) is 32.0 Å². The highest BCUT2D eigenvalue weighted by atomic mass is 16.4. The molecule has 0 spiro atoms. The van der Waals surface area contributed by atoms with Gasteiger partial charge in [0.25, 0.3) is 5.91 Å². The van der Waals surface area contributed by atoms with E-state index in [1.54, 1.807) is 31.2 Å². The van der Waals surface area contributed by atoms with Gasteiger partial charge in [0.1, 0.15) is 11.4 Å². The van der Waals surface area contributed by atoms with E-state index in [2.05, 4.69) is 25.9 Å². The number of carbonyl (C=O) groups is 3. The zero-order valence-electron chi connectivity index (χ0n) is 15.9. The quantitative estimate of drug-likeness (QED) is 0.482. The van der Waals surface area contributed by atoms with Gasteiger partial charge >= 0.3 is 5.97 Å². The van der Waals surface area contributed by atoms with Crippen molar-refractivity contribution in [2.24, 2.45) is 14.1 Å². The highest BCUT2D eigenvalue weighted by Gasteiger charge is 2.19. The predicted octanol–water partition coefficient (Wildman–Crippen LogP) is 0.00710. The molecule has 3 aromatic rings. The first-order valence-corrected chi connectivity index (χ1v) is 8.68. The van der Waals surface area contributed by atoms with Crippen molar-refractivity contribution in [1.82, 2.24) is 34.7 Å². The van der Waals surface area contributed by atoms with Crippen LogP contribution in [0.4, 0.5) is 5.69 Å². The van der Waals surface area contributed by atoms with Gasteiger partial charge in [0, 0.05) is 45.0 Å². The fourth-order valence-corrected chi connectivity index (χ4v) is 2.74. The van der Waals surface area contributed by atoms with E-state index in [1.165, 1.54) is 27.8 Å². The van der Waals surface area contributed by atoms with Crippen LogP contribution >= 0.6 is 0 Å². The second-order valence-electron chi connectivity index (χ2n) is 6.28. The van der Waals surface area contributed by atoms with E-state index >= 15 is 0 Å². The monoisotopic (exact) mass is 400 g/mol. The summed E-state index contributed by atoms with van der Waals surface area (Å²) in [5.74, 6) is -1.92. The Kier molecular flexibility index (Phi) is 5.71. The number of hydrogen-bond donors (Lipinski definition) is 3. The molecule has 0 atom stereocenters. The van der Waals surface area contributed by atoms with E-state index in [0.717, 1.165) is 5.56 Å². The van der Waals surface area contributed by atoms with E-state index in [0.29, 0.717) is 0 Å². The van der Waals surface area contributed by atoms with Gasteiger partial charge in [-0.25, -0.2) is 4.79 Å². The van der Waals surface area contributed by atoms with Crippen molar-refractivity contribution in [3.05, 3.63) is 47.8 Å². The minimum absolute atomic E-state index is 0.00496. The average Bonchev–Trinajstić information content (AvgIpc) is 3.38. The van der Waals surface area contributed by atoms with Crippen LogP contribution in [0.3, 0.4) is 0 Å². The maximum Gasteiger partial charge on any atom is 0.354 e. The zero-order chi connectivity index (χ0) is 21.0. The second kappa shape index (κ2) is 8.37. The molecule has 3 aromatic heterocycles. The number of hydrogen-bond acceptors (Lipinski definition) is 6. The molecule has 12 heteroatoms. The van der Waals surface area contributed by atoms with E-state index in [4.69, 9.17) is 5.11 Å². The fraction of sp³-hybridized carbons (Fsp3) is 0.294. The summed E-state index contributed by atoms with van der Waals surface area (Å²) in [6.07, 6.45) is 6.15. The molecule has 0 saturated carbocycles. The molecule has 2 amide bonds. The van der Waals surface area contributed by atoms with Crippen LogP contribution in [0.1, 0.15) is 33.0 Å². The summed E-state index contributed by atoms with van der Waals surface area (Å²) in [5, 5.41) is 26.4. The molecule has 0 aliphatic rings. The first-order chi connectivity index (χ1) is 13.8. The Bertz CT molecular complexity index is 1050. The molecular weight excluding hydrogens is 380 g/mol. The molecule has 0 bridgehead atoms. The number of carboxylic acid groups (broad SMARTS) is 1. The number of carboxylic acids is 1. The van der Waals surface area contributed by atoms with Gasteiger partial charge in [-0.2, -0.15) is 15.3 Å². The Balaban J connectivity index is 1.61. The number of nitrogens with one attached hydrogen (secondary N) is 2. The summed E-state index contributed by atoms with van der Waals surface area (Å²) in [6.45, 7) is 0.367.